The summed E-state index contributed by atoms with van der Waals surface area (Å²) >= 11 is 6.39. The monoisotopic (exact) mass is 385 g/mol. The Balaban J connectivity index is 1.95. The molecule has 1 fully saturated rings. The van der Waals surface area contributed by atoms with Gasteiger partial charge in [0, 0.05) is 0 Å². The lowest BCUT2D eigenvalue weighted by Crippen LogP contribution is -2.37. The van der Waals surface area contributed by atoms with Crippen molar-refractivity contribution < 1.29 is 19.4 Å². The predicted molar refractivity (Wildman–Crippen MR) is 105 cm³/mol. The number of amides is 1. The molecule has 0 unspecified atom stereocenters. The first kappa shape index (κ1) is 18.2. The molecule has 1 atom stereocenters. The summed E-state index contributed by atoms with van der Waals surface area (Å²) in [5.74, 6) is -0.879. The first-order valence-electron chi connectivity index (χ1n) is 7.70. The van der Waals surface area contributed by atoms with Crippen molar-refractivity contribution in [1.82, 2.24) is 4.90 Å². The minimum atomic E-state index is -1.15. The average Bonchev–Trinajstić information content (AvgIpc) is 2.90. The van der Waals surface area contributed by atoms with E-state index in [1.165, 1.54) is 0 Å². The van der Waals surface area contributed by atoms with Crippen LogP contribution in [0.1, 0.15) is 17.2 Å². The smallest absolute Gasteiger partial charge is 0.331 e. The number of thioether (sulfide) groups is 1. The summed E-state index contributed by atoms with van der Waals surface area (Å²) < 4.78 is 5.40. The second-order valence-corrected chi connectivity index (χ2v) is 7.16. The number of hydrogen-bond acceptors (Lipinski definition) is 5. The number of aliphatic carboxylic acids is 1. The number of carbonyl (C=O) groups is 2. The Morgan fingerprint density at radius 3 is 2.62 bits per heavy atom. The van der Waals surface area contributed by atoms with Gasteiger partial charge >= 0.3 is 5.97 Å². The quantitative estimate of drug-likeness (QED) is 0.625. The van der Waals surface area contributed by atoms with Gasteiger partial charge in [-0.2, -0.15) is 0 Å². The molecule has 0 aromatic heterocycles. The van der Waals surface area contributed by atoms with Crippen molar-refractivity contribution in [3.05, 3.63) is 70.6 Å². The molecule has 0 radical (unpaired) electrons. The molecule has 0 aliphatic carbocycles. The number of rotatable bonds is 5. The number of carbonyl (C=O) groups excluding carboxylic acids is 1. The van der Waals surface area contributed by atoms with Crippen LogP contribution in [0.25, 0.3) is 6.08 Å². The van der Waals surface area contributed by atoms with Gasteiger partial charge in [-0.25, -0.2) is 4.79 Å². The highest BCUT2D eigenvalue weighted by molar-refractivity contribution is 8.26. The van der Waals surface area contributed by atoms with Crippen LogP contribution >= 0.6 is 24.0 Å². The van der Waals surface area contributed by atoms with E-state index in [1.54, 1.807) is 55.7 Å². The van der Waals surface area contributed by atoms with E-state index in [1.807, 2.05) is 12.1 Å². The van der Waals surface area contributed by atoms with Crippen LogP contribution in [0.2, 0.25) is 0 Å². The fourth-order valence-electron chi connectivity index (χ4n) is 2.62. The molecule has 1 heterocycles. The number of carboxylic acids is 1. The van der Waals surface area contributed by atoms with Gasteiger partial charge in [0.25, 0.3) is 5.91 Å². The molecule has 0 saturated carbocycles. The second-order valence-electron chi connectivity index (χ2n) is 5.48. The number of hydrogen-bond donors (Lipinski definition) is 1. The fourth-order valence-corrected chi connectivity index (χ4v) is 3.94. The van der Waals surface area contributed by atoms with Crippen LogP contribution in [-0.2, 0) is 9.59 Å². The minimum absolute atomic E-state index is 0.223. The molecule has 2 aromatic carbocycles. The van der Waals surface area contributed by atoms with E-state index in [0.717, 1.165) is 22.2 Å². The highest BCUT2D eigenvalue weighted by atomic mass is 32.2. The van der Waals surface area contributed by atoms with Gasteiger partial charge in [-0.05, 0) is 29.3 Å². The van der Waals surface area contributed by atoms with Crippen LogP contribution in [-0.4, -0.2) is 33.3 Å². The SMILES string of the molecule is COc1cccc(/C=C2/SC(=S)N([C@@H](C(=O)O)c3ccccc3)C2=O)c1. The van der Waals surface area contributed by atoms with Crippen molar-refractivity contribution >= 4 is 46.3 Å². The number of methoxy groups -OCH3 is 1. The van der Waals surface area contributed by atoms with E-state index in [-0.39, 0.29) is 4.32 Å². The lowest BCUT2D eigenvalue weighted by atomic mass is 10.1. The summed E-state index contributed by atoms with van der Waals surface area (Å²) in [4.78, 5) is 26.2. The van der Waals surface area contributed by atoms with Crippen molar-refractivity contribution in [2.24, 2.45) is 0 Å². The largest absolute Gasteiger partial charge is 0.497 e. The highest BCUT2D eigenvalue weighted by Crippen LogP contribution is 2.38. The Bertz CT molecular complexity index is 895. The van der Waals surface area contributed by atoms with Gasteiger partial charge in [0.15, 0.2) is 6.04 Å². The second kappa shape index (κ2) is 7.72. The van der Waals surface area contributed by atoms with Crippen molar-refractivity contribution in [3.8, 4) is 5.75 Å². The van der Waals surface area contributed by atoms with E-state index in [0.29, 0.717) is 16.2 Å². The summed E-state index contributed by atoms with van der Waals surface area (Å²) in [5, 5.41) is 9.67. The van der Waals surface area contributed by atoms with E-state index >= 15 is 0 Å². The zero-order valence-corrected chi connectivity index (χ0v) is 15.4. The van der Waals surface area contributed by atoms with Crippen molar-refractivity contribution in [2.75, 3.05) is 7.11 Å². The molecule has 26 heavy (non-hydrogen) atoms. The third kappa shape index (κ3) is 3.63. The summed E-state index contributed by atoms with van der Waals surface area (Å²) in [6, 6.07) is 14.7. The molecule has 0 spiro atoms. The van der Waals surface area contributed by atoms with Crippen LogP contribution < -0.4 is 4.74 Å². The molecule has 3 rings (SSSR count). The molecule has 1 N–H and O–H groups in total. The number of carboxylic acid groups (broad SMARTS) is 1. The van der Waals surface area contributed by atoms with Gasteiger partial charge in [-0.3, -0.25) is 9.69 Å². The summed E-state index contributed by atoms with van der Waals surface area (Å²) in [6.45, 7) is 0. The van der Waals surface area contributed by atoms with Crippen LogP contribution in [0.15, 0.2) is 59.5 Å². The van der Waals surface area contributed by atoms with Gasteiger partial charge in [0.05, 0.1) is 12.0 Å². The molecular formula is C19H15NO4S2. The van der Waals surface area contributed by atoms with Crippen molar-refractivity contribution in [3.63, 3.8) is 0 Å². The number of nitrogens with zero attached hydrogens (tertiary/aromatic N) is 1. The van der Waals surface area contributed by atoms with Crippen molar-refractivity contribution in [2.45, 2.75) is 6.04 Å². The Morgan fingerprint density at radius 1 is 1.23 bits per heavy atom. The van der Waals surface area contributed by atoms with Gasteiger partial charge in [-0.15, -0.1) is 0 Å². The predicted octanol–water partition coefficient (Wildman–Crippen LogP) is 3.72. The Kier molecular flexibility index (Phi) is 5.39. The fraction of sp³-hybridized carbons (Fsp3) is 0.105. The topological polar surface area (TPSA) is 66.8 Å². The average molecular weight is 385 g/mol. The molecule has 1 aliphatic heterocycles. The standard InChI is InChI=1S/C19H15NO4S2/c1-24-14-9-5-6-12(10-14)11-15-17(21)20(19(25)26-15)16(18(22)23)13-7-3-2-4-8-13/h2-11,16H,1H3,(H,22,23)/b15-11+/t16-/m1/s1. The van der Waals surface area contributed by atoms with Gasteiger partial charge in [-0.1, -0.05) is 66.4 Å². The Labute approximate surface area is 160 Å². The molecule has 132 valence electrons. The minimum Gasteiger partial charge on any atom is -0.497 e. The highest BCUT2D eigenvalue weighted by Gasteiger charge is 2.41. The van der Waals surface area contributed by atoms with Crippen LogP contribution in [0.3, 0.4) is 0 Å². The van der Waals surface area contributed by atoms with E-state index in [2.05, 4.69) is 0 Å². The maximum absolute atomic E-state index is 12.8. The van der Waals surface area contributed by atoms with Gasteiger partial charge < -0.3 is 9.84 Å². The Morgan fingerprint density at radius 2 is 1.96 bits per heavy atom. The molecule has 1 saturated heterocycles. The maximum Gasteiger partial charge on any atom is 0.331 e. The lowest BCUT2D eigenvalue weighted by Gasteiger charge is -2.23. The Hall–Kier alpha value is -2.64. The molecule has 5 nitrogen and oxygen atoms in total. The molecular weight excluding hydrogens is 370 g/mol. The molecule has 1 aliphatic rings. The lowest BCUT2D eigenvalue weighted by molar-refractivity contribution is -0.145. The zero-order valence-electron chi connectivity index (χ0n) is 13.8. The number of benzene rings is 2. The van der Waals surface area contributed by atoms with Crippen LogP contribution in [0.4, 0.5) is 0 Å². The van der Waals surface area contributed by atoms with Gasteiger partial charge in [0.1, 0.15) is 10.1 Å². The number of ether oxygens (including phenoxy) is 1. The summed E-state index contributed by atoms with van der Waals surface area (Å²) in [6.07, 6.45) is 1.69. The maximum atomic E-state index is 12.8. The van der Waals surface area contributed by atoms with Crippen LogP contribution in [0, 0.1) is 0 Å². The summed E-state index contributed by atoms with van der Waals surface area (Å²) in [7, 11) is 1.57. The zero-order chi connectivity index (χ0) is 18.7. The van der Waals surface area contributed by atoms with E-state index in [9.17, 15) is 14.7 Å². The molecule has 2 aromatic rings. The molecule has 0 bridgehead atoms. The van der Waals surface area contributed by atoms with Crippen molar-refractivity contribution in [1.29, 1.82) is 0 Å². The van der Waals surface area contributed by atoms with Gasteiger partial charge in [0.2, 0.25) is 0 Å². The molecule has 1 amide bonds. The van der Waals surface area contributed by atoms with Crippen LogP contribution in [0.5, 0.6) is 5.75 Å². The third-order valence-electron chi connectivity index (χ3n) is 3.82. The molecule has 7 heteroatoms. The van der Waals surface area contributed by atoms with E-state index < -0.39 is 17.9 Å². The van der Waals surface area contributed by atoms with E-state index in [4.69, 9.17) is 17.0 Å². The summed E-state index contributed by atoms with van der Waals surface area (Å²) in [5.41, 5.74) is 1.27. The normalized spacial score (nSPS) is 16.8. The number of thiocarbonyl (C=S) groups is 1. The first-order valence-corrected chi connectivity index (χ1v) is 8.92. The third-order valence-corrected chi connectivity index (χ3v) is 5.15. The first-order chi connectivity index (χ1) is 12.5.